The summed E-state index contributed by atoms with van der Waals surface area (Å²) in [5.41, 5.74) is 1.65. The van der Waals surface area contributed by atoms with E-state index in [9.17, 15) is 0 Å². The van der Waals surface area contributed by atoms with Gasteiger partial charge in [0.1, 0.15) is 6.07 Å². The largest absolute Gasteiger partial charge is 0.383 e. The van der Waals surface area contributed by atoms with Crippen molar-refractivity contribution >= 4 is 21.6 Å². The second-order valence-corrected chi connectivity index (χ2v) is 4.75. The minimum atomic E-state index is 0.310. The lowest BCUT2D eigenvalue weighted by Crippen LogP contribution is -2.24. The molecule has 0 fully saturated rings. The Morgan fingerprint density at radius 1 is 1.53 bits per heavy atom. The summed E-state index contributed by atoms with van der Waals surface area (Å²) in [5, 5.41) is 12.2. The van der Waals surface area contributed by atoms with Gasteiger partial charge in [-0.25, -0.2) is 0 Å². The highest BCUT2D eigenvalue weighted by molar-refractivity contribution is 9.10. The fraction of sp³-hybridized carbons (Fsp3) is 0.462. The molecule has 0 aliphatic rings. The standard InChI is InChI=1S/C13H17BrN2O/c1-3-4-12(9-17-2)16-11-6-5-10(8-15)13(14)7-11/h5-7,12,16H,3-4,9H2,1-2H3. The molecule has 0 aliphatic heterocycles. The number of benzene rings is 1. The molecule has 0 saturated heterocycles. The Balaban J connectivity index is 2.72. The summed E-state index contributed by atoms with van der Waals surface area (Å²) in [5.74, 6) is 0. The van der Waals surface area contributed by atoms with Crippen LogP contribution in [0.25, 0.3) is 0 Å². The van der Waals surface area contributed by atoms with E-state index >= 15 is 0 Å². The van der Waals surface area contributed by atoms with Crippen LogP contribution in [0.1, 0.15) is 25.3 Å². The van der Waals surface area contributed by atoms with Crippen LogP contribution < -0.4 is 5.32 Å². The van der Waals surface area contributed by atoms with Crippen molar-refractivity contribution < 1.29 is 4.74 Å². The van der Waals surface area contributed by atoms with Gasteiger partial charge in [-0.3, -0.25) is 0 Å². The molecule has 1 N–H and O–H groups in total. The molecule has 1 unspecified atom stereocenters. The molecular formula is C13H17BrN2O. The highest BCUT2D eigenvalue weighted by Crippen LogP contribution is 2.21. The Labute approximate surface area is 111 Å². The smallest absolute Gasteiger partial charge is 0.100 e. The van der Waals surface area contributed by atoms with Crippen molar-refractivity contribution in [3.63, 3.8) is 0 Å². The Morgan fingerprint density at radius 3 is 2.82 bits per heavy atom. The molecule has 0 amide bonds. The molecule has 0 radical (unpaired) electrons. The first-order valence-electron chi connectivity index (χ1n) is 5.66. The third-order valence-corrected chi connectivity index (χ3v) is 3.12. The van der Waals surface area contributed by atoms with Crippen molar-refractivity contribution in [2.75, 3.05) is 19.0 Å². The zero-order valence-electron chi connectivity index (χ0n) is 10.2. The van der Waals surface area contributed by atoms with Crippen LogP contribution in [-0.2, 0) is 4.74 Å². The SMILES string of the molecule is CCCC(COC)Nc1ccc(C#N)c(Br)c1. The molecule has 0 heterocycles. The van der Waals surface area contributed by atoms with E-state index < -0.39 is 0 Å². The molecule has 4 heteroatoms. The predicted octanol–water partition coefficient (Wildman–Crippen LogP) is 3.55. The second-order valence-electron chi connectivity index (χ2n) is 3.89. The zero-order chi connectivity index (χ0) is 12.7. The summed E-state index contributed by atoms with van der Waals surface area (Å²) in [4.78, 5) is 0. The number of anilines is 1. The summed E-state index contributed by atoms with van der Waals surface area (Å²) in [7, 11) is 1.71. The van der Waals surface area contributed by atoms with Gasteiger partial charge < -0.3 is 10.1 Å². The first kappa shape index (κ1) is 14.0. The van der Waals surface area contributed by atoms with E-state index in [1.165, 1.54) is 0 Å². The number of rotatable bonds is 6. The van der Waals surface area contributed by atoms with E-state index in [0.717, 1.165) is 23.0 Å². The number of methoxy groups -OCH3 is 1. The Kier molecular flexibility index (Phi) is 6.03. The van der Waals surface area contributed by atoms with Gasteiger partial charge in [0.25, 0.3) is 0 Å². The van der Waals surface area contributed by atoms with E-state index in [4.69, 9.17) is 10.00 Å². The lowest BCUT2D eigenvalue weighted by Gasteiger charge is -2.18. The fourth-order valence-corrected chi connectivity index (χ4v) is 2.15. The molecule has 0 spiro atoms. The molecule has 17 heavy (non-hydrogen) atoms. The minimum absolute atomic E-state index is 0.310. The summed E-state index contributed by atoms with van der Waals surface area (Å²) in [6.07, 6.45) is 2.17. The molecule has 1 aromatic carbocycles. The summed E-state index contributed by atoms with van der Waals surface area (Å²) < 4.78 is 5.99. The monoisotopic (exact) mass is 296 g/mol. The Morgan fingerprint density at radius 2 is 2.29 bits per heavy atom. The minimum Gasteiger partial charge on any atom is -0.383 e. The van der Waals surface area contributed by atoms with Gasteiger partial charge in [0.15, 0.2) is 0 Å². The first-order chi connectivity index (χ1) is 8.21. The van der Waals surface area contributed by atoms with Gasteiger partial charge in [0.05, 0.1) is 12.2 Å². The lowest BCUT2D eigenvalue weighted by atomic mass is 10.1. The van der Waals surface area contributed by atoms with Crippen molar-refractivity contribution in [2.24, 2.45) is 0 Å². The number of nitrogens with zero attached hydrogens (tertiary/aromatic N) is 1. The van der Waals surface area contributed by atoms with E-state index in [2.05, 4.69) is 34.2 Å². The van der Waals surface area contributed by atoms with E-state index in [1.807, 2.05) is 18.2 Å². The van der Waals surface area contributed by atoms with Gasteiger partial charge >= 0.3 is 0 Å². The normalized spacial score (nSPS) is 11.9. The van der Waals surface area contributed by atoms with Crippen LogP contribution in [0.5, 0.6) is 0 Å². The number of nitriles is 1. The Hall–Kier alpha value is -1.05. The average Bonchev–Trinajstić information content (AvgIpc) is 2.30. The topological polar surface area (TPSA) is 45.0 Å². The van der Waals surface area contributed by atoms with Crippen molar-refractivity contribution in [2.45, 2.75) is 25.8 Å². The maximum atomic E-state index is 8.84. The molecule has 0 saturated carbocycles. The number of nitrogens with one attached hydrogen (secondary N) is 1. The van der Waals surface area contributed by atoms with E-state index in [0.29, 0.717) is 18.2 Å². The van der Waals surface area contributed by atoms with Crippen LogP contribution in [0.2, 0.25) is 0 Å². The molecule has 0 aromatic heterocycles. The number of hydrogen-bond donors (Lipinski definition) is 1. The van der Waals surface area contributed by atoms with Gasteiger partial charge in [0, 0.05) is 23.3 Å². The molecule has 92 valence electrons. The highest BCUT2D eigenvalue weighted by Gasteiger charge is 2.08. The molecular weight excluding hydrogens is 280 g/mol. The van der Waals surface area contributed by atoms with E-state index in [1.54, 1.807) is 7.11 Å². The van der Waals surface area contributed by atoms with Gasteiger partial charge in [-0.2, -0.15) is 5.26 Å². The van der Waals surface area contributed by atoms with Crippen LogP contribution in [0.4, 0.5) is 5.69 Å². The van der Waals surface area contributed by atoms with Gasteiger partial charge in [-0.15, -0.1) is 0 Å². The summed E-state index contributed by atoms with van der Waals surface area (Å²) in [6.45, 7) is 2.84. The van der Waals surface area contributed by atoms with Crippen LogP contribution >= 0.6 is 15.9 Å². The van der Waals surface area contributed by atoms with E-state index in [-0.39, 0.29) is 0 Å². The maximum Gasteiger partial charge on any atom is 0.100 e. The van der Waals surface area contributed by atoms with Crippen LogP contribution in [-0.4, -0.2) is 19.8 Å². The fourth-order valence-electron chi connectivity index (χ4n) is 1.68. The third-order valence-electron chi connectivity index (χ3n) is 2.47. The molecule has 1 rings (SSSR count). The highest BCUT2D eigenvalue weighted by atomic mass is 79.9. The first-order valence-corrected chi connectivity index (χ1v) is 6.45. The second kappa shape index (κ2) is 7.31. The lowest BCUT2D eigenvalue weighted by molar-refractivity contribution is 0.182. The van der Waals surface area contributed by atoms with Gasteiger partial charge in [-0.05, 0) is 40.5 Å². The maximum absolute atomic E-state index is 8.84. The average molecular weight is 297 g/mol. The molecule has 3 nitrogen and oxygen atoms in total. The quantitative estimate of drug-likeness (QED) is 0.873. The van der Waals surface area contributed by atoms with Crippen LogP contribution in [0, 0.1) is 11.3 Å². The van der Waals surface area contributed by atoms with Crippen molar-refractivity contribution in [3.8, 4) is 6.07 Å². The third kappa shape index (κ3) is 4.37. The number of ether oxygens (including phenoxy) is 1. The van der Waals surface area contributed by atoms with Crippen LogP contribution in [0.15, 0.2) is 22.7 Å². The summed E-state index contributed by atoms with van der Waals surface area (Å²) in [6, 6.07) is 8.09. The molecule has 1 atom stereocenters. The number of halogens is 1. The molecule has 0 bridgehead atoms. The van der Waals surface area contributed by atoms with Gasteiger partial charge in [-0.1, -0.05) is 13.3 Å². The van der Waals surface area contributed by atoms with Gasteiger partial charge in [0.2, 0.25) is 0 Å². The zero-order valence-corrected chi connectivity index (χ0v) is 11.8. The molecule has 1 aromatic rings. The Bertz CT molecular complexity index is 395. The molecule has 0 aliphatic carbocycles. The number of hydrogen-bond acceptors (Lipinski definition) is 3. The van der Waals surface area contributed by atoms with Crippen LogP contribution in [0.3, 0.4) is 0 Å². The predicted molar refractivity (Wildman–Crippen MR) is 73.1 cm³/mol. The van der Waals surface area contributed by atoms with Crippen molar-refractivity contribution in [1.29, 1.82) is 5.26 Å². The van der Waals surface area contributed by atoms with Crippen molar-refractivity contribution in [1.82, 2.24) is 0 Å². The van der Waals surface area contributed by atoms with Crippen molar-refractivity contribution in [3.05, 3.63) is 28.2 Å². The summed E-state index contributed by atoms with van der Waals surface area (Å²) >= 11 is 3.38.